The van der Waals surface area contributed by atoms with Gasteiger partial charge in [0.1, 0.15) is 16.4 Å². The van der Waals surface area contributed by atoms with E-state index in [4.69, 9.17) is 23.7 Å². The van der Waals surface area contributed by atoms with Crippen molar-refractivity contribution in [3.63, 3.8) is 0 Å². The van der Waals surface area contributed by atoms with Crippen molar-refractivity contribution in [1.82, 2.24) is 19.7 Å². The molecule has 0 aliphatic heterocycles. The Morgan fingerprint density at radius 3 is 2.47 bits per heavy atom. The largest absolute Gasteiger partial charge is 0.388 e. The van der Waals surface area contributed by atoms with Gasteiger partial charge in [-0.1, -0.05) is 12.2 Å². The smallest absolute Gasteiger partial charge is 0.269 e. The molecule has 0 fully saturated rings. The fourth-order valence-electron chi connectivity index (χ4n) is 1.15. The molecule has 0 aliphatic carbocycles. The average Bonchev–Trinajstić information content (AvgIpc) is 2.78. The predicted octanol–water partition coefficient (Wildman–Crippen LogP) is -0.605. The number of thiocarbonyl (C=S) groups is 1. The Morgan fingerprint density at radius 1 is 1.24 bits per heavy atom. The zero-order valence-electron chi connectivity index (χ0n) is 8.57. The first-order valence-electron chi connectivity index (χ1n) is 4.55. The number of hydrogen-bond acceptors (Lipinski definition) is 5. The van der Waals surface area contributed by atoms with Gasteiger partial charge in [0, 0.05) is 6.20 Å². The lowest BCUT2D eigenvalue weighted by Crippen LogP contribution is -2.14. The molecule has 0 radical (unpaired) electrons. The van der Waals surface area contributed by atoms with Crippen molar-refractivity contribution < 1.29 is 4.79 Å². The van der Waals surface area contributed by atoms with Crippen LogP contribution in [-0.4, -0.2) is 30.6 Å². The lowest BCUT2D eigenvalue weighted by molar-refractivity contribution is 0.0995. The van der Waals surface area contributed by atoms with Crippen LogP contribution in [0.15, 0.2) is 24.7 Å². The molecule has 17 heavy (non-hydrogen) atoms. The van der Waals surface area contributed by atoms with Gasteiger partial charge in [-0.05, 0) is 6.07 Å². The first-order chi connectivity index (χ1) is 8.08. The van der Waals surface area contributed by atoms with Crippen LogP contribution < -0.4 is 11.5 Å². The van der Waals surface area contributed by atoms with Crippen molar-refractivity contribution in [2.75, 3.05) is 0 Å². The van der Waals surface area contributed by atoms with E-state index < -0.39 is 5.91 Å². The first-order valence-corrected chi connectivity index (χ1v) is 4.96. The van der Waals surface area contributed by atoms with Crippen LogP contribution in [0, 0.1) is 0 Å². The summed E-state index contributed by atoms with van der Waals surface area (Å²) in [4.78, 5) is 19.1. The molecule has 86 valence electrons. The molecule has 0 saturated carbocycles. The lowest BCUT2D eigenvalue weighted by atomic mass is 10.4. The average molecular weight is 248 g/mol. The third kappa shape index (κ3) is 2.26. The highest BCUT2D eigenvalue weighted by Crippen LogP contribution is 2.03. The van der Waals surface area contributed by atoms with Crippen LogP contribution in [0.4, 0.5) is 0 Å². The summed E-state index contributed by atoms with van der Waals surface area (Å²) in [5, 5.41) is 3.93. The van der Waals surface area contributed by atoms with E-state index in [2.05, 4.69) is 15.1 Å². The Bertz CT molecular complexity index is 575. The standard InChI is InChI=1S/C9H8N6OS/c10-8(16)5-1-2-15(14-5)7-4-12-6(3-13-7)9(11)17/h1-4H,(H2,10,16)(H2,11,17). The number of nitrogens with zero attached hydrogens (tertiary/aromatic N) is 4. The van der Waals surface area contributed by atoms with Crippen molar-refractivity contribution in [2.45, 2.75) is 0 Å². The third-order valence-electron chi connectivity index (χ3n) is 1.97. The molecule has 0 spiro atoms. The summed E-state index contributed by atoms with van der Waals surface area (Å²) in [5.74, 6) is -0.158. The molecule has 0 atom stereocenters. The van der Waals surface area contributed by atoms with Gasteiger partial charge in [-0.25, -0.2) is 14.6 Å². The summed E-state index contributed by atoms with van der Waals surface area (Å²) < 4.78 is 1.39. The molecule has 0 unspecified atom stereocenters. The minimum atomic E-state index is -0.600. The van der Waals surface area contributed by atoms with E-state index >= 15 is 0 Å². The number of carbonyl (C=O) groups is 1. The SMILES string of the molecule is NC(=O)c1ccn(-c2cnc(C(N)=S)cn2)n1. The fourth-order valence-corrected chi connectivity index (χ4v) is 1.26. The number of rotatable bonds is 3. The molecule has 2 aromatic rings. The quantitative estimate of drug-likeness (QED) is 0.701. The number of amides is 1. The van der Waals surface area contributed by atoms with Gasteiger partial charge in [-0.15, -0.1) is 0 Å². The molecule has 0 aliphatic rings. The van der Waals surface area contributed by atoms with Crippen LogP contribution >= 0.6 is 12.2 Å². The summed E-state index contributed by atoms with van der Waals surface area (Å²) in [6.07, 6.45) is 4.44. The first kappa shape index (κ1) is 11.1. The minimum absolute atomic E-state index is 0.158. The second-order valence-electron chi connectivity index (χ2n) is 3.13. The van der Waals surface area contributed by atoms with Crippen LogP contribution in [0.3, 0.4) is 0 Å². The summed E-state index contributed by atoms with van der Waals surface area (Å²) in [6, 6.07) is 1.49. The van der Waals surface area contributed by atoms with Crippen LogP contribution in [0.5, 0.6) is 0 Å². The lowest BCUT2D eigenvalue weighted by Gasteiger charge is -2.00. The summed E-state index contributed by atoms with van der Waals surface area (Å²) in [7, 11) is 0. The van der Waals surface area contributed by atoms with Gasteiger partial charge >= 0.3 is 0 Å². The highest BCUT2D eigenvalue weighted by atomic mass is 32.1. The van der Waals surface area contributed by atoms with E-state index in [0.29, 0.717) is 11.5 Å². The van der Waals surface area contributed by atoms with Gasteiger partial charge in [0.25, 0.3) is 5.91 Å². The highest BCUT2D eigenvalue weighted by molar-refractivity contribution is 7.80. The van der Waals surface area contributed by atoms with Crippen molar-refractivity contribution in [3.8, 4) is 5.82 Å². The molecule has 7 nitrogen and oxygen atoms in total. The van der Waals surface area contributed by atoms with E-state index in [0.717, 1.165) is 0 Å². The van der Waals surface area contributed by atoms with Gasteiger partial charge in [0.05, 0.1) is 12.4 Å². The summed E-state index contributed by atoms with van der Waals surface area (Å²) in [6.45, 7) is 0. The van der Waals surface area contributed by atoms with E-state index in [1.807, 2.05) is 0 Å². The Morgan fingerprint density at radius 2 is 2.00 bits per heavy atom. The number of primary amides is 1. The van der Waals surface area contributed by atoms with E-state index in [1.54, 1.807) is 6.20 Å². The van der Waals surface area contributed by atoms with Gasteiger partial charge in [-0.3, -0.25) is 4.79 Å². The molecule has 1 amide bonds. The molecule has 8 heteroatoms. The monoisotopic (exact) mass is 248 g/mol. The van der Waals surface area contributed by atoms with Crippen LogP contribution in [0.1, 0.15) is 16.2 Å². The van der Waals surface area contributed by atoms with Gasteiger partial charge in [-0.2, -0.15) is 5.10 Å². The number of aromatic nitrogens is 4. The molecular formula is C9H8N6OS. The molecule has 4 N–H and O–H groups in total. The third-order valence-corrected chi connectivity index (χ3v) is 2.18. The van der Waals surface area contributed by atoms with Gasteiger partial charge in [0.2, 0.25) is 0 Å². The van der Waals surface area contributed by atoms with E-state index in [9.17, 15) is 4.79 Å². The maximum Gasteiger partial charge on any atom is 0.269 e. The Hall–Kier alpha value is -2.35. The molecule has 2 rings (SSSR count). The molecule has 0 aromatic carbocycles. The number of hydrogen-bond donors (Lipinski definition) is 2. The van der Waals surface area contributed by atoms with E-state index in [1.165, 1.54) is 23.1 Å². The summed E-state index contributed by atoms with van der Waals surface area (Å²) >= 11 is 4.75. The van der Waals surface area contributed by atoms with Crippen LogP contribution in [0.2, 0.25) is 0 Å². The molecular weight excluding hydrogens is 240 g/mol. The Kier molecular flexibility index (Phi) is 2.79. The molecule has 2 heterocycles. The molecule has 2 aromatic heterocycles. The van der Waals surface area contributed by atoms with Gasteiger partial charge in [0.15, 0.2) is 5.82 Å². The van der Waals surface area contributed by atoms with Crippen LogP contribution in [0.25, 0.3) is 5.82 Å². The predicted molar refractivity (Wildman–Crippen MR) is 63.6 cm³/mol. The Balaban J connectivity index is 2.33. The van der Waals surface area contributed by atoms with Crippen LogP contribution in [-0.2, 0) is 0 Å². The Labute approximate surface area is 101 Å². The highest BCUT2D eigenvalue weighted by Gasteiger charge is 2.07. The normalized spacial score (nSPS) is 10.1. The second kappa shape index (κ2) is 4.26. The topological polar surface area (TPSA) is 113 Å². The van der Waals surface area contributed by atoms with Crippen molar-refractivity contribution in [2.24, 2.45) is 11.5 Å². The fraction of sp³-hybridized carbons (Fsp3) is 0. The van der Waals surface area contributed by atoms with Crippen molar-refractivity contribution in [3.05, 3.63) is 36.0 Å². The summed E-state index contributed by atoms with van der Waals surface area (Å²) in [5.41, 5.74) is 11.1. The second-order valence-corrected chi connectivity index (χ2v) is 3.57. The van der Waals surface area contributed by atoms with Gasteiger partial charge < -0.3 is 11.5 Å². The molecule has 0 bridgehead atoms. The number of nitrogens with two attached hydrogens (primary N) is 2. The van der Waals surface area contributed by atoms with E-state index in [-0.39, 0.29) is 10.7 Å². The van der Waals surface area contributed by atoms with Crippen molar-refractivity contribution in [1.29, 1.82) is 0 Å². The minimum Gasteiger partial charge on any atom is -0.388 e. The zero-order chi connectivity index (χ0) is 12.4. The maximum atomic E-state index is 10.9. The molecule has 0 saturated heterocycles. The maximum absolute atomic E-state index is 10.9. The number of carbonyl (C=O) groups excluding carboxylic acids is 1. The van der Waals surface area contributed by atoms with Crippen molar-refractivity contribution >= 4 is 23.1 Å². The zero-order valence-corrected chi connectivity index (χ0v) is 9.39.